The normalized spacial score (nSPS) is 12.0. The van der Waals surface area contributed by atoms with Crippen LogP contribution in [0, 0.1) is 11.3 Å². The number of nitrogens with zero attached hydrogens (tertiary/aromatic N) is 3. The number of unbranched alkanes of at least 4 members (excludes halogenated alkanes) is 2. The van der Waals surface area contributed by atoms with Crippen LogP contribution in [0.1, 0.15) is 48.8 Å². The van der Waals surface area contributed by atoms with Crippen LogP contribution in [0.2, 0.25) is 0 Å². The van der Waals surface area contributed by atoms with Gasteiger partial charge in [0.2, 0.25) is 5.89 Å². The predicted octanol–water partition coefficient (Wildman–Crippen LogP) is 5.60. The second kappa shape index (κ2) is 9.34. The lowest BCUT2D eigenvalue weighted by molar-refractivity contribution is 0.133. The average molecular weight is 397 g/mol. The summed E-state index contributed by atoms with van der Waals surface area (Å²) in [6.07, 6.45) is 5.73. The van der Waals surface area contributed by atoms with Crippen molar-refractivity contribution in [3.63, 3.8) is 0 Å². The summed E-state index contributed by atoms with van der Waals surface area (Å²) in [5.41, 5.74) is 4.83. The lowest BCUT2D eigenvalue weighted by atomic mass is 10.0. The molecular formula is C25H23N3O2. The minimum Gasteiger partial charge on any atom is -0.436 e. The molecule has 4 rings (SSSR count). The Hall–Kier alpha value is -3.49. The minimum atomic E-state index is -0.728. The third kappa shape index (κ3) is 4.73. The zero-order chi connectivity index (χ0) is 20.8. The first-order valence-electron chi connectivity index (χ1n) is 10.2. The number of pyridine rings is 1. The van der Waals surface area contributed by atoms with Crippen molar-refractivity contribution in [1.82, 2.24) is 9.97 Å². The molecule has 0 saturated carbocycles. The molecule has 150 valence electrons. The molecule has 2 aromatic carbocycles. The SMILES string of the molecule is N#Cc1ccc(-c2cnc3nc(C(O)CCCCCc4ccccc4)oc3c2)cc1. The Labute approximate surface area is 175 Å². The van der Waals surface area contributed by atoms with Crippen molar-refractivity contribution in [2.75, 3.05) is 0 Å². The van der Waals surface area contributed by atoms with E-state index in [1.54, 1.807) is 18.3 Å². The van der Waals surface area contributed by atoms with Gasteiger partial charge >= 0.3 is 0 Å². The van der Waals surface area contributed by atoms with Crippen LogP contribution in [0.5, 0.6) is 0 Å². The van der Waals surface area contributed by atoms with Gasteiger partial charge in [-0.1, -0.05) is 55.3 Å². The predicted molar refractivity (Wildman–Crippen MR) is 116 cm³/mol. The number of aliphatic hydroxyl groups is 1. The first-order chi connectivity index (χ1) is 14.7. The van der Waals surface area contributed by atoms with Crippen LogP contribution in [-0.2, 0) is 6.42 Å². The van der Waals surface area contributed by atoms with E-state index in [1.165, 1.54) is 5.56 Å². The van der Waals surface area contributed by atoms with E-state index in [0.717, 1.165) is 36.8 Å². The second-order valence-corrected chi connectivity index (χ2v) is 7.39. The average Bonchev–Trinajstić information content (AvgIpc) is 3.23. The lowest BCUT2D eigenvalue weighted by Gasteiger charge is -2.06. The number of benzene rings is 2. The Kier molecular flexibility index (Phi) is 6.17. The maximum absolute atomic E-state index is 10.5. The van der Waals surface area contributed by atoms with Crippen LogP contribution in [0.4, 0.5) is 0 Å². The maximum atomic E-state index is 10.5. The van der Waals surface area contributed by atoms with E-state index in [4.69, 9.17) is 9.68 Å². The van der Waals surface area contributed by atoms with Crippen LogP contribution in [0.25, 0.3) is 22.4 Å². The van der Waals surface area contributed by atoms with E-state index < -0.39 is 6.10 Å². The molecule has 1 unspecified atom stereocenters. The van der Waals surface area contributed by atoms with E-state index in [-0.39, 0.29) is 0 Å². The van der Waals surface area contributed by atoms with Gasteiger partial charge in [-0.05, 0) is 48.6 Å². The van der Waals surface area contributed by atoms with Gasteiger partial charge in [-0.3, -0.25) is 0 Å². The van der Waals surface area contributed by atoms with Crippen molar-refractivity contribution in [2.24, 2.45) is 0 Å². The summed E-state index contributed by atoms with van der Waals surface area (Å²) >= 11 is 0. The van der Waals surface area contributed by atoms with Crippen LogP contribution in [0.3, 0.4) is 0 Å². The van der Waals surface area contributed by atoms with Crippen molar-refractivity contribution < 1.29 is 9.52 Å². The standard InChI is InChI=1S/C25H23N3O2/c26-16-19-11-13-20(14-12-19)21-15-23-24(27-17-21)28-25(30-23)22(29)10-6-2-5-9-18-7-3-1-4-8-18/h1,3-4,7-8,11-15,17,22,29H,2,5-6,9-10H2. The number of hydrogen-bond donors (Lipinski definition) is 1. The highest BCUT2D eigenvalue weighted by atomic mass is 16.4. The molecule has 0 amide bonds. The molecule has 0 aliphatic rings. The van der Waals surface area contributed by atoms with Crippen molar-refractivity contribution >= 4 is 11.2 Å². The molecule has 2 aromatic heterocycles. The molecule has 30 heavy (non-hydrogen) atoms. The minimum absolute atomic E-state index is 0.317. The number of rotatable bonds is 8. The molecule has 5 heteroatoms. The fourth-order valence-corrected chi connectivity index (χ4v) is 3.49. The van der Waals surface area contributed by atoms with Gasteiger partial charge in [0.25, 0.3) is 0 Å². The van der Waals surface area contributed by atoms with E-state index in [0.29, 0.717) is 29.1 Å². The Morgan fingerprint density at radius 3 is 2.53 bits per heavy atom. The molecular weight excluding hydrogens is 374 g/mol. The summed E-state index contributed by atoms with van der Waals surface area (Å²) in [7, 11) is 0. The highest BCUT2D eigenvalue weighted by Gasteiger charge is 2.16. The zero-order valence-electron chi connectivity index (χ0n) is 16.7. The van der Waals surface area contributed by atoms with Gasteiger partial charge in [-0.25, -0.2) is 4.98 Å². The molecule has 0 bridgehead atoms. The van der Waals surface area contributed by atoms with E-state index >= 15 is 0 Å². The highest BCUT2D eigenvalue weighted by Crippen LogP contribution is 2.27. The second-order valence-electron chi connectivity index (χ2n) is 7.39. The number of oxazole rings is 1. The van der Waals surface area contributed by atoms with Gasteiger partial charge in [0.1, 0.15) is 6.10 Å². The van der Waals surface area contributed by atoms with Gasteiger partial charge in [0.15, 0.2) is 11.2 Å². The third-order valence-electron chi connectivity index (χ3n) is 5.18. The van der Waals surface area contributed by atoms with Crippen LogP contribution in [-0.4, -0.2) is 15.1 Å². The van der Waals surface area contributed by atoms with Crippen LogP contribution in [0.15, 0.2) is 71.3 Å². The Balaban J connectivity index is 1.35. The van der Waals surface area contributed by atoms with E-state index in [2.05, 4.69) is 40.3 Å². The summed E-state index contributed by atoms with van der Waals surface area (Å²) in [5, 5.41) is 19.4. The fraction of sp³-hybridized carbons (Fsp3) is 0.240. The van der Waals surface area contributed by atoms with Crippen LogP contribution >= 0.6 is 0 Å². The van der Waals surface area contributed by atoms with Crippen molar-refractivity contribution in [1.29, 1.82) is 5.26 Å². The Morgan fingerprint density at radius 1 is 0.967 bits per heavy atom. The number of aliphatic hydroxyl groups excluding tert-OH is 1. The summed E-state index contributed by atoms with van der Waals surface area (Å²) in [5.74, 6) is 0.317. The third-order valence-corrected chi connectivity index (χ3v) is 5.18. The zero-order valence-corrected chi connectivity index (χ0v) is 16.7. The number of nitriles is 1. The summed E-state index contributed by atoms with van der Waals surface area (Å²) < 4.78 is 5.79. The molecule has 0 fully saturated rings. The van der Waals surface area contributed by atoms with Gasteiger partial charge in [-0.2, -0.15) is 10.2 Å². The van der Waals surface area contributed by atoms with Crippen molar-refractivity contribution in [3.8, 4) is 17.2 Å². The maximum Gasteiger partial charge on any atom is 0.225 e. The molecule has 5 nitrogen and oxygen atoms in total. The topological polar surface area (TPSA) is 82.9 Å². The number of aryl methyl sites for hydroxylation is 1. The quantitative estimate of drug-likeness (QED) is 0.391. The summed E-state index contributed by atoms with van der Waals surface area (Å²) in [4.78, 5) is 8.72. The molecule has 4 aromatic rings. The molecule has 0 spiro atoms. The van der Waals surface area contributed by atoms with Gasteiger partial charge in [0.05, 0.1) is 11.6 Å². The molecule has 1 atom stereocenters. The fourth-order valence-electron chi connectivity index (χ4n) is 3.49. The first kappa shape index (κ1) is 19.8. The molecule has 0 aliphatic heterocycles. The van der Waals surface area contributed by atoms with Gasteiger partial charge < -0.3 is 9.52 Å². The van der Waals surface area contributed by atoms with Crippen LogP contribution < -0.4 is 0 Å². The monoisotopic (exact) mass is 397 g/mol. The molecule has 0 radical (unpaired) electrons. The number of fused-ring (bicyclic) bond motifs is 1. The van der Waals surface area contributed by atoms with Crippen molar-refractivity contribution in [2.45, 2.75) is 38.2 Å². The lowest BCUT2D eigenvalue weighted by Crippen LogP contribution is -1.98. The van der Waals surface area contributed by atoms with Crippen molar-refractivity contribution in [3.05, 3.63) is 83.9 Å². The van der Waals surface area contributed by atoms with E-state index in [1.807, 2.05) is 24.3 Å². The molecule has 1 N–H and O–H groups in total. The first-order valence-corrected chi connectivity index (χ1v) is 10.2. The highest BCUT2D eigenvalue weighted by molar-refractivity contribution is 5.76. The summed E-state index contributed by atoms with van der Waals surface area (Å²) in [6.45, 7) is 0. The molecule has 2 heterocycles. The number of aromatic nitrogens is 2. The Morgan fingerprint density at radius 2 is 1.77 bits per heavy atom. The smallest absolute Gasteiger partial charge is 0.225 e. The van der Waals surface area contributed by atoms with Gasteiger partial charge in [0, 0.05) is 11.8 Å². The number of hydrogen-bond acceptors (Lipinski definition) is 5. The van der Waals surface area contributed by atoms with Gasteiger partial charge in [-0.15, -0.1) is 0 Å². The molecule has 0 aliphatic carbocycles. The molecule has 0 saturated heterocycles. The summed E-state index contributed by atoms with van der Waals surface area (Å²) in [6, 6.07) is 21.7. The van der Waals surface area contributed by atoms with E-state index in [9.17, 15) is 5.11 Å². The largest absolute Gasteiger partial charge is 0.436 e. The Bertz CT molecular complexity index is 1140.